The Morgan fingerprint density at radius 1 is 1.11 bits per heavy atom. The fraction of sp³-hybridized carbons (Fsp3) is 0.613. The molecular weight excluding hydrogens is 478 g/mol. The third kappa shape index (κ3) is 6.81. The van der Waals surface area contributed by atoms with Crippen molar-refractivity contribution >= 4 is 5.69 Å². The maximum Gasteiger partial charge on any atom is 0.164 e. The van der Waals surface area contributed by atoms with Gasteiger partial charge in [-0.3, -0.25) is 9.80 Å². The second-order valence-electron chi connectivity index (χ2n) is 11.5. The molecule has 0 aromatic heterocycles. The maximum atomic E-state index is 6.27. The van der Waals surface area contributed by atoms with Gasteiger partial charge in [-0.2, -0.15) is 0 Å². The van der Waals surface area contributed by atoms with Crippen molar-refractivity contribution in [2.45, 2.75) is 52.8 Å². The van der Waals surface area contributed by atoms with Crippen LogP contribution in [0.2, 0.25) is 0 Å². The molecule has 0 spiro atoms. The van der Waals surface area contributed by atoms with Crippen molar-refractivity contribution in [3.63, 3.8) is 0 Å². The number of morpholine rings is 1. The van der Waals surface area contributed by atoms with Crippen molar-refractivity contribution in [2.24, 2.45) is 5.92 Å². The molecule has 0 amide bonds. The van der Waals surface area contributed by atoms with E-state index in [9.17, 15) is 0 Å². The topological polar surface area (TPSA) is 46.6 Å². The average molecular weight is 524 g/mol. The van der Waals surface area contributed by atoms with Gasteiger partial charge >= 0.3 is 0 Å². The monoisotopic (exact) mass is 523 g/mol. The molecule has 0 N–H and O–H groups in total. The molecule has 5 rings (SSSR count). The predicted octanol–water partition coefficient (Wildman–Crippen LogP) is 4.48. The lowest BCUT2D eigenvalue weighted by Gasteiger charge is -2.34. The molecule has 0 radical (unpaired) electrons. The van der Waals surface area contributed by atoms with Crippen LogP contribution < -0.4 is 14.4 Å². The molecule has 3 heterocycles. The Kier molecular flexibility index (Phi) is 9.10. The van der Waals surface area contributed by atoms with E-state index < -0.39 is 0 Å². The van der Waals surface area contributed by atoms with E-state index in [0.29, 0.717) is 32.5 Å². The molecule has 3 aliphatic rings. The molecule has 2 aromatic rings. The minimum absolute atomic E-state index is 0.0967. The van der Waals surface area contributed by atoms with Crippen LogP contribution in [-0.4, -0.2) is 82.3 Å². The van der Waals surface area contributed by atoms with Gasteiger partial charge in [0, 0.05) is 58.4 Å². The van der Waals surface area contributed by atoms with E-state index in [2.05, 4.69) is 72.9 Å². The van der Waals surface area contributed by atoms with Crippen molar-refractivity contribution in [1.82, 2.24) is 9.80 Å². The summed E-state index contributed by atoms with van der Waals surface area (Å²) >= 11 is 0. The van der Waals surface area contributed by atoms with E-state index in [-0.39, 0.29) is 6.10 Å². The van der Waals surface area contributed by atoms with Crippen LogP contribution in [0.5, 0.6) is 11.5 Å². The summed E-state index contributed by atoms with van der Waals surface area (Å²) in [4.78, 5) is 7.30. The second kappa shape index (κ2) is 12.7. The number of likely N-dealkylation sites (N-methyl/N-ethyl adjacent to an activating group) is 1. The molecule has 0 aliphatic carbocycles. The molecule has 1 saturated heterocycles. The van der Waals surface area contributed by atoms with Crippen molar-refractivity contribution < 1.29 is 18.9 Å². The first-order valence-corrected chi connectivity index (χ1v) is 14.3. The number of hydrogen-bond donors (Lipinski definition) is 0. The van der Waals surface area contributed by atoms with Crippen LogP contribution in [-0.2, 0) is 29.0 Å². The number of ether oxygens (including phenoxy) is 4. The zero-order chi connectivity index (χ0) is 26.5. The number of rotatable bonds is 10. The quantitative estimate of drug-likeness (QED) is 0.426. The summed E-state index contributed by atoms with van der Waals surface area (Å²) in [6.07, 6.45) is 2.17. The van der Waals surface area contributed by atoms with Gasteiger partial charge in [0.25, 0.3) is 0 Å². The van der Waals surface area contributed by atoms with Crippen molar-refractivity contribution in [2.75, 3.05) is 71.3 Å². The average Bonchev–Trinajstić information content (AvgIpc) is 3.10. The summed E-state index contributed by atoms with van der Waals surface area (Å²) in [5, 5.41) is 0. The highest BCUT2D eigenvalue weighted by Crippen LogP contribution is 2.35. The van der Waals surface area contributed by atoms with Crippen LogP contribution in [0.4, 0.5) is 5.69 Å². The van der Waals surface area contributed by atoms with Gasteiger partial charge in [0.15, 0.2) is 11.5 Å². The molecule has 208 valence electrons. The number of hydrogen-bond acceptors (Lipinski definition) is 7. The predicted molar refractivity (Wildman–Crippen MR) is 151 cm³/mol. The summed E-state index contributed by atoms with van der Waals surface area (Å²) in [7, 11) is 2.21. The molecule has 38 heavy (non-hydrogen) atoms. The van der Waals surface area contributed by atoms with Gasteiger partial charge in [0.05, 0.1) is 39.3 Å². The van der Waals surface area contributed by atoms with Crippen LogP contribution in [0, 0.1) is 12.8 Å². The molecule has 1 unspecified atom stereocenters. The Balaban J connectivity index is 1.15. The number of anilines is 1. The highest BCUT2D eigenvalue weighted by atomic mass is 16.5. The first-order chi connectivity index (χ1) is 18.5. The Hall–Kier alpha value is -2.32. The van der Waals surface area contributed by atoms with E-state index in [1.165, 1.54) is 22.4 Å². The van der Waals surface area contributed by atoms with E-state index in [1.54, 1.807) is 0 Å². The van der Waals surface area contributed by atoms with Crippen LogP contribution in [0.25, 0.3) is 0 Å². The van der Waals surface area contributed by atoms with E-state index >= 15 is 0 Å². The van der Waals surface area contributed by atoms with Crippen LogP contribution >= 0.6 is 0 Å². The maximum absolute atomic E-state index is 6.27. The zero-order valence-electron chi connectivity index (χ0n) is 23.7. The van der Waals surface area contributed by atoms with Gasteiger partial charge in [-0.1, -0.05) is 38.1 Å². The number of benzene rings is 2. The smallest absolute Gasteiger partial charge is 0.164 e. The van der Waals surface area contributed by atoms with Gasteiger partial charge in [-0.05, 0) is 47.6 Å². The summed E-state index contributed by atoms with van der Waals surface area (Å²) in [5.41, 5.74) is 6.71. The normalized spacial score (nSPS) is 19.7. The van der Waals surface area contributed by atoms with E-state index in [0.717, 1.165) is 75.8 Å². The molecule has 3 aliphatic heterocycles. The fourth-order valence-corrected chi connectivity index (χ4v) is 5.99. The largest absolute Gasteiger partial charge is 0.490 e. The zero-order valence-corrected chi connectivity index (χ0v) is 23.7. The molecular formula is C31H45N3O4. The summed E-state index contributed by atoms with van der Waals surface area (Å²) in [5.74, 6) is 2.31. The Labute approximate surface area is 228 Å². The lowest BCUT2D eigenvalue weighted by molar-refractivity contribution is -0.0889. The summed E-state index contributed by atoms with van der Waals surface area (Å²) in [6, 6.07) is 11.1. The highest BCUT2D eigenvalue weighted by Gasteiger charge is 2.25. The lowest BCUT2D eigenvalue weighted by atomic mass is 10.1. The van der Waals surface area contributed by atoms with Crippen LogP contribution in [0.15, 0.2) is 30.3 Å². The SMILES string of the molecule is Cc1cc(CN(COCC2CN(Cc3cccc4c3N(C)CC4)CCO2)CC(C)C)cc2c1OCCCO2. The van der Waals surface area contributed by atoms with E-state index in [1.807, 2.05) is 0 Å². The first kappa shape index (κ1) is 27.3. The second-order valence-corrected chi connectivity index (χ2v) is 11.5. The van der Waals surface area contributed by atoms with Gasteiger partial charge in [0.1, 0.15) is 0 Å². The van der Waals surface area contributed by atoms with Gasteiger partial charge in [0.2, 0.25) is 0 Å². The number of nitrogens with zero attached hydrogens (tertiary/aromatic N) is 3. The van der Waals surface area contributed by atoms with E-state index in [4.69, 9.17) is 18.9 Å². The third-order valence-electron chi connectivity index (χ3n) is 7.62. The Bertz CT molecular complexity index is 1080. The van der Waals surface area contributed by atoms with Crippen LogP contribution in [0.3, 0.4) is 0 Å². The first-order valence-electron chi connectivity index (χ1n) is 14.3. The number of para-hydroxylation sites is 1. The van der Waals surface area contributed by atoms with Gasteiger partial charge in [-0.15, -0.1) is 0 Å². The van der Waals surface area contributed by atoms with Gasteiger partial charge < -0.3 is 23.8 Å². The number of aryl methyl sites for hydroxylation is 1. The minimum atomic E-state index is 0.0967. The Morgan fingerprint density at radius 3 is 2.84 bits per heavy atom. The van der Waals surface area contributed by atoms with Gasteiger partial charge in [-0.25, -0.2) is 0 Å². The Morgan fingerprint density at radius 2 is 1.97 bits per heavy atom. The molecule has 1 atom stereocenters. The standard InChI is InChI=1S/C31H45N3O4/c1-23(2)17-34(18-25-15-24(3)31-29(16-25)37-12-6-13-38-31)22-35-21-28-20-33(11-14-36-28)19-27-8-5-7-26-9-10-32(4)30(26)27/h5,7-8,15-16,23,28H,6,9-14,17-22H2,1-4H3. The minimum Gasteiger partial charge on any atom is -0.490 e. The molecule has 2 aromatic carbocycles. The summed E-state index contributed by atoms with van der Waals surface area (Å²) < 4.78 is 24.3. The fourth-order valence-electron chi connectivity index (χ4n) is 5.99. The van der Waals surface area contributed by atoms with Crippen molar-refractivity contribution in [3.8, 4) is 11.5 Å². The molecule has 0 bridgehead atoms. The third-order valence-corrected chi connectivity index (χ3v) is 7.62. The lowest BCUT2D eigenvalue weighted by Crippen LogP contribution is -2.44. The molecule has 7 heteroatoms. The molecule has 1 fully saturated rings. The van der Waals surface area contributed by atoms with Crippen molar-refractivity contribution in [3.05, 3.63) is 52.6 Å². The molecule has 0 saturated carbocycles. The highest BCUT2D eigenvalue weighted by molar-refractivity contribution is 5.62. The van der Waals surface area contributed by atoms with Crippen molar-refractivity contribution in [1.29, 1.82) is 0 Å². The number of fused-ring (bicyclic) bond motifs is 2. The molecule has 7 nitrogen and oxygen atoms in total. The van der Waals surface area contributed by atoms with Crippen LogP contribution in [0.1, 0.15) is 42.5 Å². The summed E-state index contributed by atoms with van der Waals surface area (Å²) in [6.45, 7) is 15.7.